The van der Waals surface area contributed by atoms with E-state index in [9.17, 15) is 4.79 Å². The zero-order chi connectivity index (χ0) is 17.5. The molecule has 132 valence electrons. The molecule has 1 saturated heterocycles. The molecule has 0 atom stereocenters. The molecule has 0 unspecified atom stereocenters. The molecule has 1 N–H and O–H groups in total. The molecule has 0 radical (unpaired) electrons. The number of aromatic nitrogens is 2. The third kappa shape index (κ3) is 5.00. The highest BCUT2D eigenvalue weighted by atomic mass is 16.1. The van der Waals surface area contributed by atoms with Gasteiger partial charge >= 0.3 is 0 Å². The van der Waals surface area contributed by atoms with Crippen molar-refractivity contribution >= 4 is 17.5 Å². The zero-order valence-corrected chi connectivity index (χ0v) is 14.7. The molecule has 1 aromatic carbocycles. The van der Waals surface area contributed by atoms with Gasteiger partial charge in [0, 0.05) is 39.1 Å². The summed E-state index contributed by atoms with van der Waals surface area (Å²) in [5, 5.41) is 11.2. The largest absolute Gasteiger partial charge is 0.353 e. The Bertz CT molecular complexity index is 666. The lowest BCUT2D eigenvalue weighted by atomic mass is 10.2. The quantitative estimate of drug-likeness (QED) is 0.876. The Labute approximate surface area is 148 Å². The van der Waals surface area contributed by atoms with Gasteiger partial charge in [-0.2, -0.15) is 0 Å². The van der Waals surface area contributed by atoms with E-state index < -0.39 is 0 Å². The standard InChI is InChI=1S/C19H25N5O/c1-2-6-19(25)20-17-9-10-18(22-21-17)24-13-11-23(12-14-24)15-16-7-4-3-5-8-16/h3-5,7-10H,2,6,11-15H2,1H3,(H,20,21,25). The predicted octanol–water partition coefficient (Wildman–Crippen LogP) is 2.54. The molecule has 1 amide bonds. The first-order valence-electron chi connectivity index (χ1n) is 8.89. The van der Waals surface area contributed by atoms with Gasteiger partial charge in [0.25, 0.3) is 0 Å². The van der Waals surface area contributed by atoms with Crippen LogP contribution in [0.2, 0.25) is 0 Å². The summed E-state index contributed by atoms with van der Waals surface area (Å²) in [4.78, 5) is 16.3. The van der Waals surface area contributed by atoms with Gasteiger partial charge in [0.15, 0.2) is 11.6 Å². The molecule has 2 aromatic rings. The fourth-order valence-corrected chi connectivity index (χ4v) is 2.97. The van der Waals surface area contributed by atoms with Crippen LogP contribution in [-0.4, -0.2) is 47.2 Å². The summed E-state index contributed by atoms with van der Waals surface area (Å²) >= 11 is 0. The van der Waals surface area contributed by atoms with Crippen molar-refractivity contribution in [2.75, 3.05) is 36.4 Å². The van der Waals surface area contributed by atoms with E-state index >= 15 is 0 Å². The van der Waals surface area contributed by atoms with E-state index in [1.807, 2.05) is 19.1 Å². The zero-order valence-electron chi connectivity index (χ0n) is 14.7. The van der Waals surface area contributed by atoms with Crippen molar-refractivity contribution in [2.45, 2.75) is 26.3 Å². The number of nitrogens with one attached hydrogen (secondary N) is 1. The molecular formula is C19H25N5O. The lowest BCUT2D eigenvalue weighted by Gasteiger charge is -2.35. The van der Waals surface area contributed by atoms with E-state index in [-0.39, 0.29) is 5.91 Å². The number of amides is 1. The number of carbonyl (C=O) groups is 1. The number of nitrogens with zero attached hydrogens (tertiary/aromatic N) is 4. The first-order valence-corrected chi connectivity index (χ1v) is 8.89. The van der Waals surface area contributed by atoms with Crippen molar-refractivity contribution in [3.05, 3.63) is 48.0 Å². The number of hydrogen-bond donors (Lipinski definition) is 1. The van der Waals surface area contributed by atoms with Gasteiger partial charge in [-0.05, 0) is 24.1 Å². The normalized spacial score (nSPS) is 15.2. The molecule has 1 aliphatic rings. The Morgan fingerprint density at radius 3 is 2.44 bits per heavy atom. The van der Waals surface area contributed by atoms with Crippen molar-refractivity contribution in [1.29, 1.82) is 0 Å². The SMILES string of the molecule is CCCC(=O)Nc1ccc(N2CCN(Cc3ccccc3)CC2)nn1. The molecule has 1 fully saturated rings. The van der Waals surface area contributed by atoms with Crippen LogP contribution in [0.15, 0.2) is 42.5 Å². The first-order chi connectivity index (χ1) is 12.2. The molecule has 1 aliphatic heterocycles. The average molecular weight is 339 g/mol. The van der Waals surface area contributed by atoms with E-state index in [0.29, 0.717) is 12.2 Å². The monoisotopic (exact) mass is 339 g/mol. The first kappa shape index (κ1) is 17.4. The van der Waals surface area contributed by atoms with Gasteiger partial charge in [-0.1, -0.05) is 37.3 Å². The highest BCUT2D eigenvalue weighted by molar-refractivity contribution is 5.89. The predicted molar refractivity (Wildman–Crippen MR) is 99.5 cm³/mol. The molecule has 6 nitrogen and oxygen atoms in total. The summed E-state index contributed by atoms with van der Waals surface area (Å²) in [7, 11) is 0. The summed E-state index contributed by atoms with van der Waals surface area (Å²) in [6, 6.07) is 14.3. The molecule has 0 aliphatic carbocycles. The van der Waals surface area contributed by atoms with Crippen molar-refractivity contribution in [2.24, 2.45) is 0 Å². The second kappa shape index (κ2) is 8.58. The van der Waals surface area contributed by atoms with Gasteiger partial charge in [-0.3, -0.25) is 9.69 Å². The fourth-order valence-electron chi connectivity index (χ4n) is 2.97. The van der Waals surface area contributed by atoms with E-state index in [0.717, 1.165) is 45.0 Å². The Kier molecular flexibility index (Phi) is 5.95. The van der Waals surface area contributed by atoms with E-state index in [1.54, 1.807) is 0 Å². The molecule has 25 heavy (non-hydrogen) atoms. The minimum atomic E-state index is -0.0147. The van der Waals surface area contributed by atoms with Crippen LogP contribution in [0.25, 0.3) is 0 Å². The molecule has 0 saturated carbocycles. The Morgan fingerprint density at radius 1 is 1.04 bits per heavy atom. The summed E-state index contributed by atoms with van der Waals surface area (Å²) in [6.07, 6.45) is 1.33. The van der Waals surface area contributed by atoms with Crippen molar-refractivity contribution in [3.8, 4) is 0 Å². The summed E-state index contributed by atoms with van der Waals surface area (Å²) in [5.41, 5.74) is 1.35. The van der Waals surface area contributed by atoms with Crippen molar-refractivity contribution < 1.29 is 4.79 Å². The topological polar surface area (TPSA) is 61.4 Å². The average Bonchev–Trinajstić information content (AvgIpc) is 2.64. The van der Waals surface area contributed by atoms with E-state index in [2.05, 4.69) is 55.6 Å². The molecular weight excluding hydrogens is 314 g/mol. The summed E-state index contributed by atoms with van der Waals surface area (Å²) in [6.45, 7) is 6.85. The number of rotatable bonds is 6. The number of piperazine rings is 1. The smallest absolute Gasteiger partial charge is 0.225 e. The lowest BCUT2D eigenvalue weighted by Crippen LogP contribution is -2.46. The minimum absolute atomic E-state index is 0.0147. The second-order valence-corrected chi connectivity index (χ2v) is 6.32. The third-order valence-corrected chi connectivity index (χ3v) is 4.34. The number of hydrogen-bond acceptors (Lipinski definition) is 5. The molecule has 6 heteroatoms. The van der Waals surface area contributed by atoms with Gasteiger partial charge in [0.2, 0.25) is 5.91 Å². The maximum Gasteiger partial charge on any atom is 0.225 e. The number of anilines is 2. The van der Waals surface area contributed by atoms with Crippen LogP contribution in [0, 0.1) is 0 Å². The molecule has 0 spiro atoms. The van der Waals surface area contributed by atoms with Crippen LogP contribution in [-0.2, 0) is 11.3 Å². The maximum atomic E-state index is 11.6. The van der Waals surface area contributed by atoms with Crippen LogP contribution < -0.4 is 10.2 Å². The van der Waals surface area contributed by atoms with Crippen molar-refractivity contribution in [3.63, 3.8) is 0 Å². The van der Waals surface area contributed by atoms with Crippen LogP contribution in [0.3, 0.4) is 0 Å². The Hall–Kier alpha value is -2.47. The number of carbonyl (C=O) groups excluding carboxylic acids is 1. The fraction of sp³-hybridized carbons (Fsp3) is 0.421. The highest BCUT2D eigenvalue weighted by Crippen LogP contribution is 2.15. The van der Waals surface area contributed by atoms with Crippen LogP contribution in [0.4, 0.5) is 11.6 Å². The van der Waals surface area contributed by atoms with Crippen molar-refractivity contribution in [1.82, 2.24) is 15.1 Å². The molecule has 3 rings (SSSR count). The molecule has 2 heterocycles. The third-order valence-electron chi connectivity index (χ3n) is 4.34. The van der Waals surface area contributed by atoms with Gasteiger partial charge in [-0.25, -0.2) is 0 Å². The molecule has 1 aromatic heterocycles. The van der Waals surface area contributed by atoms with E-state index in [4.69, 9.17) is 0 Å². The Morgan fingerprint density at radius 2 is 1.80 bits per heavy atom. The minimum Gasteiger partial charge on any atom is -0.353 e. The van der Waals surface area contributed by atoms with E-state index in [1.165, 1.54) is 5.56 Å². The van der Waals surface area contributed by atoms with Gasteiger partial charge in [-0.15, -0.1) is 10.2 Å². The molecule has 0 bridgehead atoms. The Balaban J connectivity index is 1.50. The maximum absolute atomic E-state index is 11.6. The van der Waals surface area contributed by atoms with Crippen LogP contribution >= 0.6 is 0 Å². The highest BCUT2D eigenvalue weighted by Gasteiger charge is 2.18. The van der Waals surface area contributed by atoms with Crippen LogP contribution in [0.5, 0.6) is 0 Å². The van der Waals surface area contributed by atoms with Gasteiger partial charge in [0.1, 0.15) is 0 Å². The summed E-state index contributed by atoms with van der Waals surface area (Å²) < 4.78 is 0. The van der Waals surface area contributed by atoms with Gasteiger partial charge < -0.3 is 10.2 Å². The van der Waals surface area contributed by atoms with Gasteiger partial charge in [0.05, 0.1) is 0 Å². The second-order valence-electron chi connectivity index (χ2n) is 6.32. The number of benzene rings is 1. The van der Waals surface area contributed by atoms with Crippen LogP contribution in [0.1, 0.15) is 25.3 Å². The lowest BCUT2D eigenvalue weighted by molar-refractivity contribution is -0.116. The summed E-state index contributed by atoms with van der Waals surface area (Å²) in [5.74, 6) is 1.37.